The predicted octanol–water partition coefficient (Wildman–Crippen LogP) is 5.13. The van der Waals surface area contributed by atoms with Gasteiger partial charge in [0, 0.05) is 23.3 Å². The van der Waals surface area contributed by atoms with Crippen LogP contribution in [0.2, 0.25) is 0 Å². The minimum absolute atomic E-state index is 0.236. The molecule has 0 radical (unpaired) electrons. The third kappa shape index (κ3) is 3.41. The summed E-state index contributed by atoms with van der Waals surface area (Å²) in [5.74, 6) is 1.21. The number of aromatic amines is 1. The summed E-state index contributed by atoms with van der Waals surface area (Å²) in [5, 5.41) is 7.74. The van der Waals surface area contributed by atoms with Gasteiger partial charge in [0.2, 0.25) is 5.95 Å². The highest BCUT2D eigenvalue weighted by atomic mass is 15.2. The molecule has 3 N–H and O–H groups in total. The topological polar surface area (TPSA) is 91.4 Å². The molecule has 0 saturated carbocycles. The van der Waals surface area contributed by atoms with E-state index in [1.807, 2.05) is 42.6 Å². The lowest BCUT2D eigenvalue weighted by Gasteiger charge is -2.12. The van der Waals surface area contributed by atoms with Gasteiger partial charge in [0.05, 0.1) is 11.8 Å². The lowest BCUT2D eigenvalue weighted by Crippen LogP contribution is -2.12. The number of nitrogens with zero attached hydrogens (tertiary/aromatic N) is 4. The molecule has 5 rings (SSSR count). The van der Waals surface area contributed by atoms with Crippen molar-refractivity contribution in [3.63, 3.8) is 0 Å². The van der Waals surface area contributed by atoms with E-state index in [2.05, 4.69) is 67.6 Å². The van der Waals surface area contributed by atoms with E-state index in [9.17, 15) is 0 Å². The Balaban J connectivity index is 1.56. The minimum atomic E-state index is 0.236. The maximum Gasteiger partial charge on any atom is 0.231 e. The normalized spacial score (nSPS) is 11.3. The summed E-state index contributed by atoms with van der Waals surface area (Å²) in [6.45, 7) is 4.14. The highest BCUT2D eigenvalue weighted by molar-refractivity contribution is 5.96. The van der Waals surface area contributed by atoms with Gasteiger partial charge in [-0.2, -0.15) is 9.97 Å². The van der Waals surface area contributed by atoms with Crippen molar-refractivity contribution in [3.05, 3.63) is 67.1 Å². The van der Waals surface area contributed by atoms with Crippen molar-refractivity contribution in [2.45, 2.75) is 19.9 Å². The van der Waals surface area contributed by atoms with Gasteiger partial charge in [-0.25, -0.2) is 4.98 Å². The van der Waals surface area contributed by atoms with Crippen LogP contribution in [0.15, 0.2) is 67.1 Å². The second kappa shape index (κ2) is 7.44. The molecule has 0 bridgehead atoms. The summed E-state index contributed by atoms with van der Waals surface area (Å²) in [5.41, 5.74) is 5.52. The van der Waals surface area contributed by atoms with Gasteiger partial charge >= 0.3 is 0 Å². The van der Waals surface area contributed by atoms with E-state index in [-0.39, 0.29) is 6.04 Å². The Morgan fingerprint density at radius 2 is 1.80 bits per heavy atom. The third-order valence-corrected chi connectivity index (χ3v) is 4.79. The van der Waals surface area contributed by atoms with Crippen molar-refractivity contribution >= 4 is 39.5 Å². The number of rotatable bonds is 5. The first-order valence-electron chi connectivity index (χ1n) is 9.86. The van der Waals surface area contributed by atoms with Crippen LogP contribution in [0, 0.1) is 0 Å². The predicted molar refractivity (Wildman–Crippen MR) is 121 cm³/mol. The van der Waals surface area contributed by atoms with Crippen molar-refractivity contribution in [3.8, 4) is 11.1 Å². The average Bonchev–Trinajstić information content (AvgIpc) is 3.22. The van der Waals surface area contributed by atoms with E-state index >= 15 is 0 Å². The Morgan fingerprint density at radius 3 is 2.63 bits per heavy atom. The Morgan fingerprint density at radius 1 is 0.933 bits per heavy atom. The van der Waals surface area contributed by atoms with E-state index in [4.69, 9.17) is 0 Å². The van der Waals surface area contributed by atoms with E-state index in [0.29, 0.717) is 11.6 Å². The van der Waals surface area contributed by atoms with E-state index < -0.39 is 0 Å². The summed E-state index contributed by atoms with van der Waals surface area (Å²) < 4.78 is 0. The maximum atomic E-state index is 4.65. The monoisotopic (exact) mass is 395 g/mol. The Hall–Kier alpha value is -4.00. The van der Waals surface area contributed by atoms with E-state index in [1.165, 1.54) is 0 Å². The summed E-state index contributed by atoms with van der Waals surface area (Å²) >= 11 is 0. The van der Waals surface area contributed by atoms with Gasteiger partial charge in [-0.1, -0.05) is 30.3 Å². The molecular weight excluding hydrogens is 374 g/mol. The zero-order valence-electron chi connectivity index (χ0n) is 16.7. The lowest BCUT2D eigenvalue weighted by molar-refractivity contribution is 0.890. The summed E-state index contributed by atoms with van der Waals surface area (Å²) in [7, 11) is 0. The van der Waals surface area contributed by atoms with Crippen LogP contribution in [-0.4, -0.2) is 31.0 Å². The lowest BCUT2D eigenvalue weighted by atomic mass is 10.0. The van der Waals surface area contributed by atoms with Crippen molar-refractivity contribution in [1.82, 2.24) is 24.9 Å². The van der Waals surface area contributed by atoms with Gasteiger partial charge < -0.3 is 15.6 Å². The van der Waals surface area contributed by atoms with Crippen LogP contribution in [0.4, 0.5) is 17.5 Å². The maximum absolute atomic E-state index is 4.65. The molecule has 0 aliphatic rings. The number of imidazole rings is 1. The summed E-state index contributed by atoms with van der Waals surface area (Å²) in [4.78, 5) is 21.1. The molecule has 7 heteroatoms. The number of anilines is 3. The highest BCUT2D eigenvalue weighted by Gasteiger charge is 2.12. The number of benzene rings is 2. The minimum Gasteiger partial charge on any atom is -0.366 e. The third-order valence-electron chi connectivity index (χ3n) is 4.79. The SMILES string of the molecule is CC(C)Nc1nc(Nc2ccc3nccc(-c4ccccc4)c3c2)nc2nc[nH]c12. The quantitative estimate of drug-likeness (QED) is 0.382. The van der Waals surface area contributed by atoms with Crippen LogP contribution in [0.1, 0.15) is 13.8 Å². The van der Waals surface area contributed by atoms with Crippen LogP contribution in [0.5, 0.6) is 0 Å². The number of H-pyrrole nitrogens is 1. The molecule has 0 amide bonds. The van der Waals surface area contributed by atoms with Gasteiger partial charge in [0.25, 0.3) is 0 Å². The molecule has 0 unspecified atom stereocenters. The first-order chi connectivity index (χ1) is 14.7. The van der Waals surface area contributed by atoms with Gasteiger partial charge in [-0.05, 0) is 49.2 Å². The first-order valence-corrected chi connectivity index (χ1v) is 9.86. The number of fused-ring (bicyclic) bond motifs is 2. The van der Waals surface area contributed by atoms with Gasteiger partial charge in [0.15, 0.2) is 11.5 Å². The van der Waals surface area contributed by atoms with Crippen LogP contribution in [-0.2, 0) is 0 Å². The Kier molecular flexibility index (Phi) is 4.48. The van der Waals surface area contributed by atoms with E-state index in [0.717, 1.165) is 39.1 Å². The fourth-order valence-electron chi connectivity index (χ4n) is 3.49. The molecule has 3 heterocycles. The summed E-state index contributed by atoms with van der Waals surface area (Å²) in [6.07, 6.45) is 3.47. The van der Waals surface area contributed by atoms with Gasteiger partial charge in [-0.15, -0.1) is 0 Å². The van der Waals surface area contributed by atoms with Crippen molar-refractivity contribution in [2.75, 3.05) is 10.6 Å². The largest absolute Gasteiger partial charge is 0.366 e. The molecule has 0 spiro atoms. The van der Waals surface area contributed by atoms with Gasteiger partial charge in [-0.3, -0.25) is 4.98 Å². The standard InChI is InChI=1S/C23H21N7/c1-14(2)27-22-20-21(26-13-25-20)29-23(30-22)28-16-8-9-19-18(12-16)17(10-11-24-19)15-6-4-3-5-7-15/h3-14H,1-2H3,(H3,25,26,27,28,29,30). The molecule has 0 fully saturated rings. The number of pyridine rings is 1. The Bertz CT molecular complexity index is 1330. The van der Waals surface area contributed by atoms with Crippen LogP contribution >= 0.6 is 0 Å². The number of hydrogen-bond acceptors (Lipinski definition) is 6. The second-order valence-corrected chi connectivity index (χ2v) is 7.38. The highest BCUT2D eigenvalue weighted by Crippen LogP contribution is 2.30. The summed E-state index contributed by atoms with van der Waals surface area (Å²) in [6, 6.07) is 18.7. The molecule has 7 nitrogen and oxygen atoms in total. The molecule has 148 valence electrons. The van der Waals surface area contributed by atoms with Crippen molar-refractivity contribution in [2.24, 2.45) is 0 Å². The molecular formula is C23H21N7. The fourth-order valence-corrected chi connectivity index (χ4v) is 3.49. The molecule has 2 aromatic carbocycles. The van der Waals surface area contributed by atoms with E-state index in [1.54, 1.807) is 6.33 Å². The van der Waals surface area contributed by atoms with Crippen molar-refractivity contribution in [1.29, 1.82) is 0 Å². The number of aromatic nitrogens is 5. The zero-order valence-corrected chi connectivity index (χ0v) is 16.7. The zero-order chi connectivity index (χ0) is 20.5. The Labute approximate surface area is 173 Å². The average molecular weight is 395 g/mol. The first kappa shape index (κ1) is 18.1. The van der Waals surface area contributed by atoms with Gasteiger partial charge in [0.1, 0.15) is 5.52 Å². The second-order valence-electron chi connectivity index (χ2n) is 7.38. The van der Waals surface area contributed by atoms with Crippen molar-refractivity contribution < 1.29 is 0 Å². The van der Waals surface area contributed by atoms with Crippen LogP contribution < -0.4 is 10.6 Å². The smallest absolute Gasteiger partial charge is 0.231 e. The fraction of sp³-hybridized carbons (Fsp3) is 0.130. The molecule has 0 aliphatic heterocycles. The number of hydrogen-bond donors (Lipinski definition) is 3. The molecule has 0 atom stereocenters. The number of nitrogens with one attached hydrogen (secondary N) is 3. The molecule has 5 aromatic rings. The molecule has 0 aliphatic carbocycles. The van der Waals surface area contributed by atoms with Crippen LogP contribution in [0.3, 0.4) is 0 Å². The van der Waals surface area contributed by atoms with Crippen LogP contribution in [0.25, 0.3) is 33.2 Å². The molecule has 0 saturated heterocycles. The molecule has 3 aromatic heterocycles. The molecule has 30 heavy (non-hydrogen) atoms.